The fraction of sp³-hybridized carbons (Fsp3) is 0.182. The summed E-state index contributed by atoms with van der Waals surface area (Å²) in [7, 11) is 0. The van der Waals surface area contributed by atoms with Gasteiger partial charge in [-0.1, -0.05) is 18.2 Å². The quantitative estimate of drug-likeness (QED) is 0.514. The maximum atomic E-state index is 12.6. The van der Waals surface area contributed by atoms with Crippen LogP contribution in [-0.2, 0) is 12.6 Å². The first-order valence-electron chi connectivity index (χ1n) is 4.17. The molecule has 0 aromatic heterocycles. The Morgan fingerprint density at radius 1 is 1.40 bits per heavy atom. The fourth-order valence-electron chi connectivity index (χ4n) is 1.23. The molecule has 0 unspecified atom stereocenters. The van der Waals surface area contributed by atoms with Crippen molar-refractivity contribution in [2.75, 3.05) is 0 Å². The van der Waals surface area contributed by atoms with Gasteiger partial charge in [0, 0.05) is 5.56 Å². The van der Waals surface area contributed by atoms with Gasteiger partial charge in [-0.15, -0.1) is 6.58 Å². The second kappa shape index (κ2) is 4.18. The molecule has 0 fully saturated rings. The molecule has 0 heterocycles. The Morgan fingerprint density at radius 3 is 2.53 bits per heavy atom. The van der Waals surface area contributed by atoms with Gasteiger partial charge in [-0.2, -0.15) is 13.2 Å². The highest BCUT2D eigenvalue weighted by Crippen LogP contribution is 2.34. The summed E-state index contributed by atoms with van der Waals surface area (Å²) in [5.74, 6) is 0. The zero-order valence-corrected chi connectivity index (χ0v) is 7.80. The molecule has 0 N–H and O–H groups in total. The van der Waals surface area contributed by atoms with Crippen LogP contribution >= 0.6 is 0 Å². The lowest BCUT2D eigenvalue weighted by Gasteiger charge is -2.11. The predicted octanol–water partition coefficient (Wildman–Crippen LogP) is 3.98. The Kier molecular flexibility index (Phi) is 3.15. The van der Waals surface area contributed by atoms with E-state index in [4.69, 9.17) is 6.57 Å². The number of alkyl halides is 3. The predicted molar refractivity (Wildman–Crippen MR) is 51.6 cm³/mol. The van der Waals surface area contributed by atoms with Crippen molar-refractivity contribution >= 4 is 5.69 Å². The van der Waals surface area contributed by atoms with E-state index in [0.29, 0.717) is 0 Å². The Hall–Kier alpha value is -1.76. The molecule has 4 heteroatoms. The second-order valence-electron chi connectivity index (χ2n) is 2.94. The van der Waals surface area contributed by atoms with Gasteiger partial charge >= 0.3 is 6.18 Å². The number of hydrogen-bond donors (Lipinski definition) is 0. The first-order valence-corrected chi connectivity index (χ1v) is 4.17. The molecule has 0 spiro atoms. The number of hydrogen-bond acceptors (Lipinski definition) is 0. The van der Waals surface area contributed by atoms with Gasteiger partial charge in [0.2, 0.25) is 0 Å². The highest BCUT2D eigenvalue weighted by molar-refractivity contribution is 5.50. The van der Waals surface area contributed by atoms with Crippen molar-refractivity contribution in [1.82, 2.24) is 0 Å². The molecule has 0 aliphatic heterocycles. The standard InChI is InChI=1S/C11H8F3N/c1-3-4-8-5-6-9(15-2)7-10(8)11(12,13)14/h3,5-7H,1,4H2. The van der Waals surface area contributed by atoms with Crippen molar-refractivity contribution in [2.24, 2.45) is 0 Å². The van der Waals surface area contributed by atoms with Crippen molar-refractivity contribution in [3.8, 4) is 0 Å². The molecule has 1 aromatic carbocycles. The molecular weight excluding hydrogens is 203 g/mol. The molecule has 0 aliphatic rings. The number of benzene rings is 1. The molecule has 1 nitrogen and oxygen atoms in total. The van der Waals surface area contributed by atoms with Gasteiger partial charge in [0.15, 0.2) is 5.69 Å². The van der Waals surface area contributed by atoms with E-state index in [9.17, 15) is 13.2 Å². The topological polar surface area (TPSA) is 4.36 Å². The zero-order chi connectivity index (χ0) is 11.5. The molecule has 1 aromatic rings. The lowest BCUT2D eigenvalue weighted by molar-refractivity contribution is -0.138. The summed E-state index contributed by atoms with van der Waals surface area (Å²) in [6.07, 6.45) is -2.87. The zero-order valence-electron chi connectivity index (χ0n) is 7.80. The first-order chi connectivity index (χ1) is 6.99. The van der Waals surface area contributed by atoms with Gasteiger partial charge in [0.1, 0.15) is 0 Å². The summed E-state index contributed by atoms with van der Waals surface area (Å²) in [6, 6.07) is 3.56. The van der Waals surface area contributed by atoms with E-state index in [2.05, 4.69) is 11.4 Å². The van der Waals surface area contributed by atoms with Gasteiger partial charge in [-0.05, 0) is 18.1 Å². The maximum Gasteiger partial charge on any atom is 0.415 e. The van der Waals surface area contributed by atoms with Crippen LogP contribution in [-0.4, -0.2) is 0 Å². The van der Waals surface area contributed by atoms with Gasteiger partial charge in [-0.25, -0.2) is 4.85 Å². The Labute approximate surface area is 85.7 Å². The van der Waals surface area contributed by atoms with E-state index in [-0.39, 0.29) is 17.7 Å². The van der Waals surface area contributed by atoms with Gasteiger partial charge in [0.05, 0.1) is 6.57 Å². The van der Waals surface area contributed by atoms with E-state index in [1.165, 1.54) is 18.2 Å². The average molecular weight is 211 g/mol. The van der Waals surface area contributed by atoms with Gasteiger partial charge in [-0.3, -0.25) is 0 Å². The molecule has 0 amide bonds. The third-order valence-corrected chi connectivity index (χ3v) is 1.89. The van der Waals surface area contributed by atoms with Crippen LogP contribution in [0.1, 0.15) is 11.1 Å². The van der Waals surface area contributed by atoms with Crippen LogP contribution in [0.2, 0.25) is 0 Å². The summed E-state index contributed by atoms with van der Waals surface area (Å²) in [5.41, 5.74) is -0.615. The van der Waals surface area contributed by atoms with Crippen LogP contribution < -0.4 is 0 Å². The second-order valence-corrected chi connectivity index (χ2v) is 2.94. The molecule has 0 bridgehead atoms. The summed E-state index contributed by atoms with van der Waals surface area (Å²) in [5, 5.41) is 0. The van der Waals surface area contributed by atoms with Crippen LogP contribution in [0.4, 0.5) is 18.9 Å². The van der Waals surface area contributed by atoms with E-state index in [1.54, 1.807) is 0 Å². The molecule has 0 atom stereocenters. The summed E-state index contributed by atoms with van der Waals surface area (Å²) >= 11 is 0. The average Bonchev–Trinajstić information content (AvgIpc) is 2.17. The highest BCUT2D eigenvalue weighted by Gasteiger charge is 2.32. The van der Waals surface area contributed by atoms with Crippen LogP contribution in [0.15, 0.2) is 30.9 Å². The minimum atomic E-state index is -4.42. The highest BCUT2D eigenvalue weighted by atomic mass is 19.4. The molecule has 1 rings (SSSR count). The lowest BCUT2D eigenvalue weighted by Crippen LogP contribution is -2.08. The molecule has 78 valence electrons. The number of halogens is 3. The smallest absolute Gasteiger partial charge is 0.238 e. The van der Waals surface area contributed by atoms with Gasteiger partial charge in [0.25, 0.3) is 0 Å². The van der Waals surface area contributed by atoms with E-state index in [0.717, 1.165) is 6.07 Å². The fourth-order valence-corrected chi connectivity index (χ4v) is 1.23. The summed E-state index contributed by atoms with van der Waals surface area (Å²) < 4.78 is 37.7. The van der Waals surface area contributed by atoms with Gasteiger partial charge < -0.3 is 0 Å². The minimum absolute atomic E-state index is 0.00450. The SMILES string of the molecule is [C-]#[N+]c1ccc(CC=C)c(C(F)(F)F)c1. The third kappa shape index (κ3) is 2.59. The Balaban J connectivity index is 3.30. The van der Waals surface area contributed by atoms with E-state index < -0.39 is 11.7 Å². The van der Waals surface area contributed by atoms with Crippen molar-refractivity contribution in [1.29, 1.82) is 0 Å². The third-order valence-electron chi connectivity index (χ3n) is 1.89. The maximum absolute atomic E-state index is 12.6. The normalized spacial score (nSPS) is 10.8. The number of rotatable bonds is 2. The molecule has 15 heavy (non-hydrogen) atoms. The monoisotopic (exact) mass is 211 g/mol. The summed E-state index contributed by atoms with van der Waals surface area (Å²) in [4.78, 5) is 2.97. The van der Waals surface area contributed by atoms with Crippen LogP contribution in [0, 0.1) is 6.57 Å². The first kappa shape index (κ1) is 11.3. The van der Waals surface area contributed by atoms with Crippen molar-refractivity contribution < 1.29 is 13.2 Å². The van der Waals surface area contributed by atoms with E-state index in [1.807, 2.05) is 0 Å². The molecule has 0 saturated heterocycles. The number of allylic oxidation sites excluding steroid dienone is 1. The largest absolute Gasteiger partial charge is 0.415 e. The summed E-state index contributed by atoms with van der Waals surface area (Å²) in [6.45, 7) is 10.0. The van der Waals surface area contributed by atoms with Crippen LogP contribution in [0.5, 0.6) is 0 Å². The molecule has 0 saturated carbocycles. The Bertz CT molecular complexity index is 413. The molecular formula is C11H8F3N. The van der Waals surface area contributed by atoms with Crippen LogP contribution in [0.25, 0.3) is 4.85 Å². The van der Waals surface area contributed by atoms with Crippen molar-refractivity contribution in [2.45, 2.75) is 12.6 Å². The lowest BCUT2D eigenvalue weighted by atomic mass is 10.0. The van der Waals surface area contributed by atoms with Crippen molar-refractivity contribution in [3.05, 3.63) is 53.4 Å². The molecule has 0 radical (unpaired) electrons. The number of nitrogens with zero attached hydrogens (tertiary/aromatic N) is 1. The van der Waals surface area contributed by atoms with E-state index >= 15 is 0 Å². The molecule has 0 aliphatic carbocycles. The van der Waals surface area contributed by atoms with Crippen molar-refractivity contribution in [3.63, 3.8) is 0 Å². The Morgan fingerprint density at radius 2 is 2.07 bits per heavy atom. The van der Waals surface area contributed by atoms with Crippen LogP contribution in [0.3, 0.4) is 0 Å². The minimum Gasteiger partial charge on any atom is -0.238 e.